The summed E-state index contributed by atoms with van der Waals surface area (Å²) in [7, 11) is 2.73. The van der Waals surface area contributed by atoms with Crippen LogP contribution in [0.5, 0.6) is 0 Å². The van der Waals surface area contributed by atoms with E-state index in [2.05, 4.69) is 10.6 Å². The molecule has 2 N–H and O–H groups in total. The van der Waals surface area contributed by atoms with Crippen molar-refractivity contribution in [3.8, 4) is 0 Å². The molecule has 0 aliphatic carbocycles. The third kappa shape index (κ3) is 6.11. The minimum atomic E-state index is -3.57. The van der Waals surface area contributed by atoms with Crippen molar-refractivity contribution in [3.63, 3.8) is 0 Å². The summed E-state index contributed by atoms with van der Waals surface area (Å²) in [5, 5.41) is 5.29. The summed E-state index contributed by atoms with van der Waals surface area (Å²) in [4.78, 5) is 25.8. The molecule has 0 aliphatic rings. The first kappa shape index (κ1) is 22.5. The molecule has 2 amide bonds. The summed E-state index contributed by atoms with van der Waals surface area (Å²) >= 11 is 0. The van der Waals surface area contributed by atoms with Crippen molar-refractivity contribution in [2.75, 3.05) is 40.1 Å². The van der Waals surface area contributed by atoms with Gasteiger partial charge in [-0.15, -0.1) is 0 Å². The Morgan fingerprint density at radius 3 is 2.24 bits per heavy atom. The first-order chi connectivity index (χ1) is 13.6. The summed E-state index contributed by atoms with van der Waals surface area (Å²) in [6, 6.07) is 13.3. The second-order valence-electron chi connectivity index (χ2n) is 6.81. The molecule has 0 unspecified atom stereocenters. The number of hydrogen-bond donors (Lipinski definition) is 2. The van der Waals surface area contributed by atoms with Gasteiger partial charge >= 0.3 is 0 Å². The van der Waals surface area contributed by atoms with Crippen LogP contribution in [-0.2, 0) is 21.4 Å². The van der Waals surface area contributed by atoms with E-state index in [0.29, 0.717) is 17.8 Å². The third-order valence-electron chi connectivity index (χ3n) is 4.21. The molecule has 156 valence electrons. The molecule has 0 aliphatic heterocycles. The largest absolute Gasteiger partial charge is 0.355 e. The van der Waals surface area contributed by atoms with E-state index in [1.54, 1.807) is 38.4 Å². The number of sulfonamides is 1. The van der Waals surface area contributed by atoms with Crippen LogP contribution in [-0.4, -0.2) is 64.2 Å². The molecular formula is C20H26N4O4S. The van der Waals surface area contributed by atoms with Crippen molar-refractivity contribution >= 4 is 27.5 Å². The Balaban J connectivity index is 1.96. The number of anilines is 1. The number of likely N-dealkylation sites (N-methyl/N-ethyl adjacent to an activating group) is 1. The lowest BCUT2D eigenvalue weighted by Gasteiger charge is -2.17. The Morgan fingerprint density at radius 1 is 1.00 bits per heavy atom. The zero-order valence-corrected chi connectivity index (χ0v) is 17.8. The molecule has 2 rings (SSSR count). The third-order valence-corrected chi connectivity index (χ3v) is 6.02. The summed E-state index contributed by atoms with van der Waals surface area (Å²) < 4.78 is 25.6. The van der Waals surface area contributed by atoms with E-state index >= 15 is 0 Å². The van der Waals surface area contributed by atoms with Gasteiger partial charge in [-0.3, -0.25) is 14.5 Å². The molecule has 29 heavy (non-hydrogen) atoms. The zero-order chi connectivity index (χ0) is 21.6. The SMILES string of the molecule is CNC(=O)c1ccc(CN(C)CC(=O)Nc2cccc(S(=O)(=O)N(C)C)c2)cc1. The van der Waals surface area contributed by atoms with Crippen molar-refractivity contribution in [1.82, 2.24) is 14.5 Å². The fourth-order valence-electron chi connectivity index (χ4n) is 2.66. The highest BCUT2D eigenvalue weighted by Crippen LogP contribution is 2.18. The Bertz CT molecular complexity index is 972. The van der Waals surface area contributed by atoms with Crippen LogP contribution in [0.15, 0.2) is 53.4 Å². The predicted octanol–water partition coefficient (Wildman–Crippen LogP) is 1.37. The van der Waals surface area contributed by atoms with E-state index in [-0.39, 0.29) is 23.3 Å². The molecule has 2 aromatic rings. The molecule has 0 heterocycles. The molecule has 0 bridgehead atoms. The highest BCUT2D eigenvalue weighted by Gasteiger charge is 2.18. The van der Waals surface area contributed by atoms with Crippen molar-refractivity contribution in [1.29, 1.82) is 0 Å². The molecule has 0 aromatic heterocycles. The van der Waals surface area contributed by atoms with Crippen LogP contribution in [0.25, 0.3) is 0 Å². The molecule has 0 atom stereocenters. The Labute approximate surface area is 171 Å². The van der Waals surface area contributed by atoms with Gasteiger partial charge in [0.25, 0.3) is 5.91 Å². The van der Waals surface area contributed by atoms with Crippen LogP contribution < -0.4 is 10.6 Å². The van der Waals surface area contributed by atoms with Crippen LogP contribution in [0.1, 0.15) is 15.9 Å². The normalized spacial score (nSPS) is 11.5. The predicted molar refractivity (Wildman–Crippen MR) is 112 cm³/mol. The van der Waals surface area contributed by atoms with Crippen LogP contribution in [0.3, 0.4) is 0 Å². The van der Waals surface area contributed by atoms with Gasteiger partial charge < -0.3 is 10.6 Å². The highest BCUT2D eigenvalue weighted by atomic mass is 32.2. The van der Waals surface area contributed by atoms with Crippen LogP contribution in [0.4, 0.5) is 5.69 Å². The number of rotatable bonds is 8. The number of carbonyl (C=O) groups is 2. The van der Waals surface area contributed by atoms with Gasteiger partial charge in [0, 0.05) is 38.9 Å². The van der Waals surface area contributed by atoms with E-state index in [0.717, 1.165) is 9.87 Å². The fourth-order valence-corrected chi connectivity index (χ4v) is 3.61. The van der Waals surface area contributed by atoms with E-state index in [4.69, 9.17) is 0 Å². The first-order valence-electron chi connectivity index (χ1n) is 8.95. The number of carbonyl (C=O) groups excluding carboxylic acids is 2. The van der Waals surface area contributed by atoms with Crippen LogP contribution in [0, 0.1) is 0 Å². The molecule has 2 aromatic carbocycles. The lowest BCUT2D eigenvalue weighted by Crippen LogP contribution is -2.30. The second kappa shape index (κ2) is 9.64. The molecule has 0 saturated heterocycles. The number of hydrogen-bond acceptors (Lipinski definition) is 5. The van der Waals surface area contributed by atoms with Gasteiger partial charge in [0.15, 0.2) is 0 Å². The molecule has 0 radical (unpaired) electrons. The number of nitrogens with one attached hydrogen (secondary N) is 2. The molecule has 0 fully saturated rings. The lowest BCUT2D eigenvalue weighted by molar-refractivity contribution is -0.117. The quantitative estimate of drug-likeness (QED) is 0.675. The fraction of sp³-hybridized carbons (Fsp3) is 0.300. The molecule has 8 nitrogen and oxygen atoms in total. The molecule has 9 heteroatoms. The topological polar surface area (TPSA) is 98.8 Å². The first-order valence-corrected chi connectivity index (χ1v) is 10.4. The number of amides is 2. The lowest BCUT2D eigenvalue weighted by atomic mass is 10.1. The number of nitrogens with zero attached hydrogens (tertiary/aromatic N) is 2. The van der Waals surface area contributed by atoms with Gasteiger partial charge in [-0.1, -0.05) is 18.2 Å². The van der Waals surface area contributed by atoms with Gasteiger partial charge in [0.1, 0.15) is 0 Å². The molecular weight excluding hydrogens is 392 g/mol. The molecule has 0 saturated carbocycles. The van der Waals surface area contributed by atoms with Crippen LogP contribution in [0.2, 0.25) is 0 Å². The van der Waals surface area contributed by atoms with Crippen LogP contribution >= 0.6 is 0 Å². The van der Waals surface area contributed by atoms with Gasteiger partial charge in [-0.2, -0.15) is 0 Å². The van der Waals surface area contributed by atoms with Gasteiger partial charge in [-0.25, -0.2) is 12.7 Å². The smallest absolute Gasteiger partial charge is 0.251 e. The summed E-state index contributed by atoms with van der Waals surface area (Å²) in [5.74, 6) is -0.406. The Morgan fingerprint density at radius 2 is 1.66 bits per heavy atom. The maximum atomic E-state index is 12.3. The van der Waals surface area contributed by atoms with Crippen molar-refractivity contribution < 1.29 is 18.0 Å². The Kier molecular flexibility index (Phi) is 7.49. The Hall–Kier alpha value is -2.75. The average molecular weight is 419 g/mol. The summed E-state index contributed by atoms with van der Waals surface area (Å²) in [6.07, 6.45) is 0. The van der Waals surface area contributed by atoms with Gasteiger partial charge in [0.2, 0.25) is 15.9 Å². The molecule has 0 spiro atoms. The summed E-state index contributed by atoms with van der Waals surface area (Å²) in [5.41, 5.74) is 1.96. The van der Waals surface area contributed by atoms with Gasteiger partial charge in [0.05, 0.1) is 11.4 Å². The maximum Gasteiger partial charge on any atom is 0.251 e. The monoisotopic (exact) mass is 418 g/mol. The average Bonchev–Trinajstić information content (AvgIpc) is 2.67. The van der Waals surface area contributed by atoms with E-state index in [9.17, 15) is 18.0 Å². The second-order valence-corrected chi connectivity index (χ2v) is 8.96. The minimum absolute atomic E-state index is 0.116. The van der Waals surface area contributed by atoms with E-state index < -0.39 is 10.0 Å². The minimum Gasteiger partial charge on any atom is -0.355 e. The highest BCUT2D eigenvalue weighted by molar-refractivity contribution is 7.89. The van der Waals surface area contributed by atoms with Crippen molar-refractivity contribution in [2.45, 2.75) is 11.4 Å². The maximum absolute atomic E-state index is 12.3. The zero-order valence-electron chi connectivity index (χ0n) is 17.0. The summed E-state index contributed by atoms with van der Waals surface area (Å²) in [6.45, 7) is 0.651. The van der Waals surface area contributed by atoms with E-state index in [1.807, 2.05) is 17.0 Å². The standard InChI is InChI=1S/C20H26N4O4S/c1-21-20(26)16-10-8-15(9-11-16)13-24(4)14-19(25)22-17-6-5-7-18(12-17)29(27,28)23(2)3/h5-12H,13-14H2,1-4H3,(H,21,26)(H,22,25). The van der Waals surface area contributed by atoms with E-state index in [1.165, 1.54) is 26.2 Å². The number of benzene rings is 2. The van der Waals surface area contributed by atoms with Crippen molar-refractivity contribution in [3.05, 3.63) is 59.7 Å². The van der Waals surface area contributed by atoms with Gasteiger partial charge in [-0.05, 0) is 42.9 Å². The van der Waals surface area contributed by atoms with Crippen molar-refractivity contribution in [2.24, 2.45) is 0 Å².